The molecule has 0 radical (unpaired) electrons. The monoisotopic (exact) mass is 250 g/mol. The van der Waals surface area contributed by atoms with Crippen molar-refractivity contribution in [2.24, 2.45) is 5.92 Å². The third kappa shape index (κ3) is 1.86. The SMILES string of the molecule is CC1=CC(=O)C(=C(C)C)CC2[C@@](C)(O)CC[C@]12O. The summed E-state index contributed by atoms with van der Waals surface area (Å²) < 4.78 is 0. The Bertz CT molecular complexity index is 452. The van der Waals surface area contributed by atoms with Crippen LogP contribution in [0.25, 0.3) is 0 Å². The van der Waals surface area contributed by atoms with Crippen LogP contribution < -0.4 is 0 Å². The van der Waals surface area contributed by atoms with Crippen molar-refractivity contribution < 1.29 is 15.0 Å². The first-order valence-corrected chi connectivity index (χ1v) is 6.52. The number of fused-ring (bicyclic) bond motifs is 1. The van der Waals surface area contributed by atoms with Crippen molar-refractivity contribution in [1.82, 2.24) is 0 Å². The highest BCUT2D eigenvalue weighted by Gasteiger charge is 2.55. The second-order valence-electron chi connectivity index (χ2n) is 6.21. The van der Waals surface area contributed by atoms with Gasteiger partial charge in [0.2, 0.25) is 0 Å². The molecule has 1 saturated carbocycles. The normalized spacial score (nSPS) is 40.3. The van der Waals surface area contributed by atoms with Crippen molar-refractivity contribution >= 4 is 5.78 Å². The van der Waals surface area contributed by atoms with Gasteiger partial charge in [-0.05, 0) is 64.2 Å². The number of hydrogen-bond acceptors (Lipinski definition) is 3. The molecule has 0 aromatic rings. The third-order valence-corrected chi connectivity index (χ3v) is 4.68. The van der Waals surface area contributed by atoms with Gasteiger partial charge in [-0.25, -0.2) is 0 Å². The third-order valence-electron chi connectivity index (χ3n) is 4.68. The van der Waals surface area contributed by atoms with E-state index >= 15 is 0 Å². The number of ketones is 1. The van der Waals surface area contributed by atoms with E-state index in [2.05, 4.69) is 0 Å². The molecule has 0 aromatic heterocycles. The fourth-order valence-corrected chi connectivity index (χ4v) is 3.33. The van der Waals surface area contributed by atoms with Gasteiger partial charge in [-0.3, -0.25) is 4.79 Å². The first-order valence-electron chi connectivity index (χ1n) is 6.52. The molecule has 3 nitrogen and oxygen atoms in total. The van der Waals surface area contributed by atoms with Gasteiger partial charge in [0.15, 0.2) is 5.78 Å². The number of hydrogen-bond donors (Lipinski definition) is 2. The van der Waals surface area contributed by atoms with Crippen molar-refractivity contribution in [3.05, 3.63) is 22.8 Å². The quantitative estimate of drug-likeness (QED) is 0.648. The first kappa shape index (κ1) is 13.5. The van der Waals surface area contributed by atoms with Gasteiger partial charge in [-0.15, -0.1) is 0 Å². The second-order valence-corrected chi connectivity index (χ2v) is 6.21. The zero-order valence-electron chi connectivity index (χ0n) is 11.6. The molecule has 1 unspecified atom stereocenters. The van der Waals surface area contributed by atoms with Crippen LogP contribution >= 0.6 is 0 Å². The molecule has 0 bridgehead atoms. The van der Waals surface area contributed by atoms with Crippen molar-refractivity contribution in [2.75, 3.05) is 0 Å². The molecule has 0 aromatic carbocycles. The van der Waals surface area contributed by atoms with Gasteiger partial charge in [0, 0.05) is 5.92 Å². The summed E-state index contributed by atoms with van der Waals surface area (Å²) in [6.07, 6.45) is 3.10. The Morgan fingerprint density at radius 3 is 2.50 bits per heavy atom. The van der Waals surface area contributed by atoms with E-state index in [0.29, 0.717) is 24.8 Å². The Balaban J connectivity index is 2.56. The summed E-state index contributed by atoms with van der Waals surface area (Å²) in [7, 11) is 0. The van der Waals surface area contributed by atoms with E-state index in [1.165, 1.54) is 0 Å². The number of allylic oxidation sites excluding steroid dienone is 3. The topological polar surface area (TPSA) is 57.5 Å². The Kier molecular flexibility index (Phi) is 3.03. The zero-order valence-corrected chi connectivity index (χ0v) is 11.6. The molecule has 0 aliphatic heterocycles. The summed E-state index contributed by atoms with van der Waals surface area (Å²) in [6.45, 7) is 7.37. The molecule has 2 N–H and O–H groups in total. The van der Waals surface area contributed by atoms with Crippen LogP contribution in [0.15, 0.2) is 22.8 Å². The van der Waals surface area contributed by atoms with Crippen LogP contribution in [0.4, 0.5) is 0 Å². The maximum atomic E-state index is 12.1. The predicted octanol–water partition coefficient (Wildman–Crippen LogP) is 2.13. The smallest absolute Gasteiger partial charge is 0.181 e. The number of rotatable bonds is 0. The van der Waals surface area contributed by atoms with Crippen LogP contribution in [0.2, 0.25) is 0 Å². The van der Waals surface area contributed by atoms with E-state index in [1.807, 2.05) is 13.8 Å². The van der Waals surface area contributed by atoms with E-state index in [9.17, 15) is 15.0 Å². The molecule has 2 aliphatic rings. The van der Waals surface area contributed by atoms with E-state index in [-0.39, 0.29) is 11.7 Å². The molecule has 0 amide bonds. The number of carbonyl (C=O) groups is 1. The molecule has 0 spiro atoms. The standard InChI is InChI=1S/C15H22O3/c1-9(2)11-8-13-14(4,17)5-6-15(13,18)10(3)7-12(11)16/h7,13,17-18H,5-6,8H2,1-4H3/t13?,14-,15-/m0/s1. The summed E-state index contributed by atoms with van der Waals surface area (Å²) in [5, 5.41) is 21.3. The van der Waals surface area contributed by atoms with Crippen molar-refractivity contribution in [3.8, 4) is 0 Å². The molecule has 2 aliphatic carbocycles. The highest BCUT2D eigenvalue weighted by atomic mass is 16.3. The average molecular weight is 250 g/mol. The lowest BCUT2D eigenvalue weighted by molar-refractivity contribution is -0.111. The molecule has 100 valence electrons. The van der Waals surface area contributed by atoms with Crippen molar-refractivity contribution in [2.45, 2.75) is 58.2 Å². The van der Waals surface area contributed by atoms with Crippen LogP contribution in [0, 0.1) is 5.92 Å². The lowest BCUT2D eigenvalue weighted by atomic mass is 9.77. The van der Waals surface area contributed by atoms with Gasteiger partial charge < -0.3 is 10.2 Å². The maximum absolute atomic E-state index is 12.1. The lowest BCUT2D eigenvalue weighted by Crippen LogP contribution is -2.42. The Labute approximate surface area is 108 Å². The summed E-state index contributed by atoms with van der Waals surface area (Å²) in [4.78, 5) is 12.1. The van der Waals surface area contributed by atoms with Gasteiger partial charge in [-0.1, -0.05) is 5.57 Å². The first-order chi connectivity index (χ1) is 8.18. The van der Waals surface area contributed by atoms with Crippen LogP contribution in [0.5, 0.6) is 0 Å². The Morgan fingerprint density at radius 2 is 1.94 bits per heavy atom. The minimum Gasteiger partial charge on any atom is -0.390 e. The molecule has 3 atom stereocenters. The summed E-state index contributed by atoms with van der Waals surface area (Å²) in [6, 6.07) is 0. The van der Waals surface area contributed by atoms with E-state index in [1.54, 1.807) is 19.9 Å². The minimum absolute atomic E-state index is 0.0221. The predicted molar refractivity (Wildman–Crippen MR) is 70.1 cm³/mol. The molecule has 3 heteroatoms. The van der Waals surface area contributed by atoms with E-state index in [0.717, 1.165) is 11.1 Å². The summed E-state index contributed by atoms with van der Waals surface area (Å²) in [5.74, 6) is -0.316. The van der Waals surface area contributed by atoms with Gasteiger partial charge in [-0.2, -0.15) is 0 Å². The highest BCUT2D eigenvalue weighted by molar-refractivity contribution is 6.05. The van der Waals surface area contributed by atoms with Crippen LogP contribution in [0.1, 0.15) is 47.0 Å². The summed E-state index contributed by atoms with van der Waals surface area (Å²) >= 11 is 0. The zero-order chi connectivity index (χ0) is 13.7. The molecular formula is C15H22O3. The van der Waals surface area contributed by atoms with E-state index in [4.69, 9.17) is 0 Å². The average Bonchev–Trinajstić information content (AvgIpc) is 2.41. The Morgan fingerprint density at radius 1 is 1.33 bits per heavy atom. The van der Waals surface area contributed by atoms with Crippen LogP contribution in [0.3, 0.4) is 0 Å². The van der Waals surface area contributed by atoms with Gasteiger partial charge in [0.1, 0.15) is 0 Å². The molecular weight excluding hydrogens is 228 g/mol. The largest absolute Gasteiger partial charge is 0.390 e. The lowest BCUT2D eigenvalue weighted by Gasteiger charge is -2.35. The van der Waals surface area contributed by atoms with Crippen LogP contribution in [-0.4, -0.2) is 27.2 Å². The fraction of sp³-hybridized carbons (Fsp3) is 0.667. The molecule has 0 heterocycles. The van der Waals surface area contributed by atoms with Gasteiger partial charge in [0.25, 0.3) is 0 Å². The molecule has 1 fully saturated rings. The molecule has 2 rings (SSSR count). The van der Waals surface area contributed by atoms with Gasteiger partial charge in [0.05, 0.1) is 11.2 Å². The highest BCUT2D eigenvalue weighted by Crippen LogP contribution is 2.51. The number of carbonyl (C=O) groups excluding carboxylic acids is 1. The minimum atomic E-state index is -1.03. The van der Waals surface area contributed by atoms with Crippen molar-refractivity contribution in [3.63, 3.8) is 0 Å². The fourth-order valence-electron chi connectivity index (χ4n) is 3.33. The van der Waals surface area contributed by atoms with Gasteiger partial charge >= 0.3 is 0 Å². The second kappa shape index (κ2) is 4.04. The van der Waals surface area contributed by atoms with E-state index < -0.39 is 11.2 Å². The summed E-state index contributed by atoms with van der Waals surface area (Å²) in [5.41, 5.74) is 0.450. The Hall–Kier alpha value is -0.930. The molecule has 0 saturated heterocycles. The van der Waals surface area contributed by atoms with Crippen molar-refractivity contribution in [1.29, 1.82) is 0 Å². The van der Waals surface area contributed by atoms with Crippen LogP contribution in [-0.2, 0) is 4.79 Å². The number of aliphatic hydroxyl groups is 2. The molecule has 18 heavy (non-hydrogen) atoms. The maximum Gasteiger partial charge on any atom is 0.181 e.